The third kappa shape index (κ3) is 5.95. The van der Waals surface area contributed by atoms with Crippen molar-refractivity contribution in [1.82, 2.24) is 5.32 Å². The van der Waals surface area contributed by atoms with Gasteiger partial charge in [-0.15, -0.1) is 0 Å². The SMILES string of the molecule is CCC(NC(=O)CN(c1cccc(C)c1)S(=O)(=O)c1ccc(Cl)cc1)c1ccc(C)cc1C. The fourth-order valence-corrected chi connectivity index (χ4v) is 5.36. The Morgan fingerprint density at radius 2 is 1.64 bits per heavy atom. The number of carbonyl (C=O) groups excluding carboxylic acids is 1. The second-order valence-corrected chi connectivity index (χ2v) is 10.5. The Kier molecular flexibility index (Phi) is 7.82. The molecule has 0 saturated heterocycles. The minimum absolute atomic E-state index is 0.0719. The lowest BCUT2D eigenvalue weighted by molar-refractivity contribution is -0.120. The summed E-state index contributed by atoms with van der Waals surface area (Å²) >= 11 is 5.94. The van der Waals surface area contributed by atoms with Crippen molar-refractivity contribution in [2.24, 2.45) is 0 Å². The Morgan fingerprint density at radius 3 is 2.24 bits per heavy atom. The van der Waals surface area contributed by atoms with Crippen LogP contribution >= 0.6 is 11.6 Å². The summed E-state index contributed by atoms with van der Waals surface area (Å²) in [6.45, 7) is 7.58. The molecule has 0 aliphatic carbocycles. The van der Waals surface area contributed by atoms with Gasteiger partial charge in [-0.05, 0) is 80.3 Å². The second kappa shape index (κ2) is 10.4. The fraction of sp³-hybridized carbons (Fsp3) is 0.269. The van der Waals surface area contributed by atoms with Crippen LogP contribution in [0.3, 0.4) is 0 Å². The summed E-state index contributed by atoms with van der Waals surface area (Å²) in [6.07, 6.45) is 0.685. The maximum Gasteiger partial charge on any atom is 0.264 e. The van der Waals surface area contributed by atoms with E-state index in [-0.39, 0.29) is 23.4 Å². The minimum Gasteiger partial charge on any atom is -0.348 e. The number of nitrogens with one attached hydrogen (secondary N) is 1. The summed E-state index contributed by atoms with van der Waals surface area (Å²) in [7, 11) is -3.99. The van der Waals surface area contributed by atoms with Gasteiger partial charge >= 0.3 is 0 Å². The largest absolute Gasteiger partial charge is 0.348 e. The molecule has 33 heavy (non-hydrogen) atoms. The van der Waals surface area contributed by atoms with Gasteiger partial charge in [0.1, 0.15) is 6.54 Å². The highest BCUT2D eigenvalue weighted by molar-refractivity contribution is 7.92. The number of hydrogen-bond donors (Lipinski definition) is 1. The predicted octanol–water partition coefficient (Wildman–Crippen LogP) is 5.73. The third-order valence-electron chi connectivity index (χ3n) is 5.52. The van der Waals surface area contributed by atoms with Crippen LogP contribution in [0.2, 0.25) is 5.02 Å². The molecule has 0 radical (unpaired) electrons. The monoisotopic (exact) mass is 484 g/mol. The van der Waals surface area contributed by atoms with Gasteiger partial charge in [0.05, 0.1) is 16.6 Å². The van der Waals surface area contributed by atoms with Crippen LogP contribution < -0.4 is 9.62 Å². The molecule has 0 aliphatic heterocycles. The number of halogens is 1. The van der Waals surface area contributed by atoms with Gasteiger partial charge in [0.15, 0.2) is 0 Å². The van der Waals surface area contributed by atoms with E-state index >= 15 is 0 Å². The second-order valence-electron chi connectivity index (χ2n) is 8.19. The first kappa shape index (κ1) is 24.8. The average molecular weight is 485 g/mol. The summed E-state index contributed by atoms with van der Waals surface area (Å²) in [5.41, 5.74) is 4.59. The lowest BCUT2D eigenvalue weighted by atomic mass is 9.97. The molecule has 3 rings (SSSR count). The molecule has 7 heteroatoms. The molecule has 0 aromatic heterocycles. The molecule has 1 N–H and O–H groups in total. The van der Waals surface area contributed by atoms with Gasteiger partial charge < -0.3 is 5.32 Å². The van der Waals surface area contributed by atoms with Crippen LogP contribution in [0.4, 0.5) is 5.69 Å². The maximum atomic E-state index is 13.5. The molecule has 3 aromatic carbocycles. The first-order chi connectivity index (χ1) is 15.6. The van der Waals surface area contributed by atoms with Crippen LogP contribution in [-0.2, 0) is 14.8 Å². The standard InChI is InChI=1S/C26H29ClN2O3S/c1-5-25(24-14-9-19(3)15-20(24)4)28-26(30)17-29(22-8-6-7-18(2)16-22)33(31,32)23-12-10-21(27)11-13-23/h6-16,25H,5,17H2,1-4H3,(H,28,30). The quantitative estimate of drug-likeness (QED) is 0.444. The molecule has 0 fully saturated rings. The predicted molar refractivity (Wildman–Crippen MR) is 134 cm³/mol. The van der Waals surface area contributed by atoms with Crippen LogP contribution in [0, 0.1) is 20.8 Å². The lowest BCUT2D eigenvalue weighted by Gasteiger charge is -2.26. The summed E-state index contributed by atoms with van der Waals surface area (Å²) in [4.78, 5) is 13.2. The molecular formula is C26H29ClN2O3S. The van der Waals surface area contributed by atoms with Crippen molar-refractivity contribution in [2.45, 2.75) is 45.1 Å². The summed E-state index contributed by atoms with van der Waals surface area (Å²) in [6, 6.07) is 18.9. The molecule has 0 spiro atoms. The zero-order valence-electron chi connectivity index (χ0n) is 19.3. The highest BCUT2D eigenvalue weighted by atomic mass is 35.5. The Morgan fingerprint density at radius 1 is 0.970 bits per heavy atom. The number of sulfonamides is 1. The Hall–Kier alpha value is -2.83. The molecule has 5 nitrogen and oxygen atoms in total. The van der Waals surface area contributed by atoms with E-state index in [4.69, 9.17) is 11.6 Å². The van der Waals surface area contributed by atoms with E-state index in [1.165, 1.54) is 24.3 Å². The third-order valence-corrected chi connectivity index (χ3v) is 7.56. The molecular weight excluding hydrogens is 456 g/mol. The van der Waals surface area contributed by atoms with E-state index in [0.29, 0.717) is 17.1 Å². The van der Waals surface area contributed by atoms with Crippen molar-refractivity contribution in [3.63, 3.8) is 0 Å². The maximum absolute atomic E-state index is 13.5. The average Bonchev–Trinajstić information content (AvgIpc) is 2.76. The number of anilines is 1. The van der Waals surface area contributed by atoms with E-state index in [1.54, 1.807) is 18.2 Å². The number of nitrogens with zero attached hydrogens (tertiary/aromatic N) is 1. The van der Waals surface area contributed by atoms with Crippen LogP contribution in [0.25, 0.3) is 0 Å². The van der Waals surface area contributed by atoms with Gasteiger partial charge in [0.25, 0.3) is 10.0 Å². The Labute approximate surface area is 201 Å². The van der Waals surface area contributed by atoms with Gasteiger partial charge in [0, 0.05) is 5.02 Å². The van der Waals surface area contributed by atoms with Gasteiger partial charge in [-0.3, -0.25) is 9.10 Å². The molecule has 1 atom stereocenters. The van der Waals surface area contributed by atoms with Gasteiger partial charge in [0.2, 0.25) is 5.91 Å². The van der Waals surface area contributed by atoms with Crippen molar-refractivity contribution in [3.8, 4) is 0 Å². The van der Waals surface area contributed by atoms with Crippen molar-refractivity contribution in [3.05, 3.63) is 94.0 Å². The fourth-order valence-electron chi connectivity index (χ4n) is 3.82. The molecule has 1 amide bonds. The first-order valence-electron chi connectivity index (χ1n) is 10.8. The van der Waals surface area contributed by atoms with Gasteiger partial charge in [-0.1, -0.05) is 54.4 Å². The van der Waals surface area contributed by atoms with Gasteiger partial charge in [-0.25, -0.2) is 8.42 Å². The highest BCUT2D eigenvalue weighted by Gasteiger charge is 2.28. The minimum atomic E-state index is -3.99. The smallest absolute Gasteiger partial charge is 0.264 e. The van der Waals surface area contributed by atoms with Crippen molar-refractivity contribution < 1.29 is 13.2 Å². The highest BCUT2D eigenvalue weighted by Crippen LogP contribution is 2.26. The van der Waals surface area contributed by atoms with E-state index in [0.717, 1.165) is 26.6 Å². The number of amides is 1. The summed E-state index contributed by atoms with van der Waals surface area (Å²) in [5.74, 6) is -0.374. The number of hydrogen-bond acceptors (Lipinski definition) is 3. The Balaban J connectivity index is 1.92. The molecule has 1 unspecified atom stereocenters. The molecule has 0 saturated carbocycles. The summed E-state index contributed by atoms with van der Waals surface area (Å²) in [5, 5.41) is 3.46. The molecule has 174 valence electrons. The number of aryl methyl sites for hydroxylation is 3. The van der Waals surface area contributed by atoms with E-state index in [1.807, 2.05) is 45.9 Å². The first-order valence-corrected chi connectivity index (χ1v) is 12.6. The zero-order chi connectivity index (χ0) is 24.2. The van der Waals surface area contributed by atoms with Crippen molar-refractivity contribution >= 4 is 33.2 Å². The van der Waals surface area contributed by atoms with Gasteiger partial charge in [-0.2, -0.15) is 0 Å². The Bertz CT molecular complexity index is 1240. The molecule has 0 bridgehead atoms. The van der Waals surface area contributed by atoms with Crippen LogP contribution in [0.15, 0.2) is 71.6 Å². The normalized spacial score (nSPS) is 12.3. The number of rotatable bonds is 8. The van der Waals surface area contributed by atoms with Crippen molar-refractivity contribution in [2.75, 3.05) is 10.8 Å². The lowest BCUT2D eigenvalue weighted by Crippen LogP contribution is -2.42. The van der Waals surface area contributed by atoms with Crippen LogP contribution in [-0.4, -0.2) is 20.9 Å². The summed E-state index contributed by atoms with van der Waals surface area (Å²) < 4.78 is 28.2. The van der Waals surface area contributed by atoms with E-state index < -0.39 is 10.0 Å². The molecule has 3 aromatic rings. The van der Waals surface area contributed by atoms with Crippen LogP contribution in [0.1, 0.15) is 41.6 Å². The number of benzene rings is 3. The van der Waals surface area contributed by atoms with E-state index in [9.17, 15) is 13.2 Å². The molecule has 0 heterocycles. The molecule has 0 aliphatic rings. The van der Waals surface area contributed by atoms with Crippen molar-refractivity contribution in [1.29, 1.82) is 0 Å². The van der Waals surface area contributed by atoms with Crippen LogP contribution in [0.5, 0.6) is 0 Å². The zero-order valence-corrected chi connectivity index (χ0v) is 20.9. The number of carbonyl (C=O) groups is 1. The topological polar surface area (TPSA) is 66.5 Å². The van der Waals surface area contributed by atoms with E-state index in [2.05, 4.69) is 11.4 Å².